The number of rotatable bonds is 30. The molecule has 0 unspecified atom stereocenters. The fraction of sp³-hybridized carbons (Fsp3) is 0.826. The van der Waals surface area contributed by atoms with Gasteiger partial charge in [-0.25, -0.2) is 0 Å². The van der Waals surface area contributed by atoms with Crippen molar-refractivity contribution in [3.05, 3.63) is 0 Å². The number of hydrogen-bond donors (Lipinski definition) is 12. The second-order valence-corrected chi connectivity index (χ2v) is 15.8. The molecule has 0 aliphatic carbocycles. The Kier molecular flexibility index (Phi) is 81.9. The van der Waals surface area contributed by atoms with E-state index in [-0.39, 0.29) is 67.9 Å². The van der Waals surface area contributed by atoms with Crippen LogP contribution in [0.15, 0.2) is 20.0 Å². The van der Waals surface area contributed by atoms with Gasteiger partial charge in [0.1, 0.15) is 0 Å². The predicted molar refractivity (Wildman–Crippen MR) is 316 cm³/mol. The molecule has 0 aliphatic heterocycles. The highest BCUT2D eigenvalue weighted by Crippen LogP contribution is 2.12. The number of nitrogens with zero attached hydrogens (tertiary/aromatic N) is 4. The molecule has 16 nitrogen and oxygen atoms in total. The molecule has 0 aromatic rings. The quantitative estimate of drug-likeness (QED) is 0.0186. The standard InChI is InChI=1S/C16H34N4.C14H30N4.C10H22N4.C6H14N4.4BrH/c1-3-4-5-6-7-8-9-10-11-12-13-14-19-16(18)20-15(2)17;1-3-4-5-6-7-8-9-10-11-12-17-14(16)18-13(2)15;1-3-4-5-6-7-8-13-10(12)14-9(2)11;1-3-4-9-6(8)10-5(2)7;;;;/h3-14H2,1-2H3,(H4,17,18,19,20);3-12H2,1-2H3,(H4,15,16,17,18);3-8H2,1-2H3,(H4,11,12,13,14);3-4H2,1-2H3,(H4,7,8,9,10);4*1H. The number of nitrogens with one attached hydrogen (secondary N) is 8. The Balaban J connectivity index is -0.000000114. The third-order valence-corrected chi connectivity index (χ3v) is 8.90. The molecule has 0 aromatic heterocycles. The van der Waals surface area contributed by atoms with Crippen molar-refractivity contribution in [2.45, 2.75) is 222 Å². The average Bonchev–Trinajstić information content (AvgIpc) is 3.19. The first-order valence-electron chi connectivity index (χ1n) is 24.1. The molecule has 0 saturated carbocycles. The molecule has 0 rings (SSSR count). The molecular formula is C46H104Br4N16. The lowest BCUT2D eigenvalue weighted by Gasteiger charge is -2.03. The van der Waals surface area contributed by atoms with Crippen LogP contribution in [0.25, 0.3) is 0 Å². The minimum atomic E-state index is 0. The number of guanidine groups is 4. The molecule has 396 valence electrons. The van der Waals surface area contributed by atoms with Crippen molar-refractivity contribution in [1.29, 1.82) is 21.6 Å². The Bertz CT molecular complexity index is 1200. The van der Waals surface area contributed by atoms with Gasteiger partial charge in [-0.15, -0.1) is 67.9 Å². The van der Waals surface area contributed by atoms with E-state index in [1.807, 2.05) is 6.92 Å². The second kappa shape index (κ2) is 67.0. The lowest BCUT2D eigenvalue weighted by atomic mass is 10.1. The molecule has 0 heterocycles. The summed E-state index contributed by atoms with van der Waals surface area (Å²) in [6.45, 7) is 18.3. The zero-order chi connectivity index (χ0) is 47.5. The van der Waals surface area contributed by atoms with Gasteiger partial charge in [0, 0.05) is 26.2 Å². The van der Waals surface area contributed by atoms with Crippen molar-refractivity contribution in [2.75, 3.05) is 26.2 Å². The third kappa shape index (κ3) is 85.0. The van der Waals surface area contributed by atoms with Crippen LogP contribution in [0.3, 0.4) is 0 Å². The van der Waals surface area contributed by atoms with Crippen molar-refractivity contribution in [3.8, 4) is 0 Å². The molecule has 0 fully saturated rings. The minimum absolute atomic E-state index is 0. The highest BCUT2D eigenvalue weighted by molar-refractivity contribution is 8.93. The molecule has 0 amide bonds. The number of halogens is 4. The smallest absolute Gasteiger partial charge is 0.194 e. The van der Waals surface area contributed by atoms with E-state index in [1.165, 1.54) is 141 Å². The fourth-order valence-corrected chi connectivity index (χ4v) is 5.67. The Morgan fingerprint density at radius 2 is 0.455 bits per heavy atom. The Labute approximate surface area is 446 Å². The van der Waals surface area contributed by atoms with E-state index in [0.717, 1.165) is 45.3 Å². The largest absolute Gasteiger partial charge is 0.370 e. The second-order valence-electron chi connectivity index (χ2n) is 15.8. The van der Waals surface area contributed by atoms with Crippen LogP contribution < -0.4 is 44.2 Å². The highest BCUT2D eigenvalue weighted by Gasteiger charge is 1.97. The Hall–Kier alpha value is -2.32. The average molecular weight is 1200 g/mol. The maximum atomic E-state index is 7.22. The van der Waals surface area contributed by atoms with E-state index >= 15 is 0 Å². The lowest BCUT2D eigenvalue weighted by Crippen LogP contribution is -2.34. The van der Waals surface area contributed by atoms with Crippen LogP contribution in [0.1, 0.15) is 222 Å². The zero-order valence-electron chi connectivity index (χ0n) is 42.9. The highest BCUT2D eigenvalue weighted by atomic mass is 79.9. The summed E-state index contributed by atoms with van der Waals surface area (Å²) in [6.07, 6.45) is 33.7. The van der Waals surface area contributed by atoms with E-state index < -0.39 is 0 Å². The molecule has 0 aromatic carbocycles. The van der Waals surface area contributed by atoms with Gasteiger partial charge in [0.15, 0.2) is 23.8 Å². The molecule has 0 bridgehead atoms. The van der Waals surface area contributed by atoms with E-state index in [9.17, 15) is 0 Å². The molecule has 0 saturated heterocycles. The van der Waals surface area contributed by atoms with Crippen LogP contribution in [0.4, 0.5) is 0 Å². The third-order valence-electron chi connectivity index (χ3n) is 8.90. The normalized spacial score (nSPS) is 10.8. The summed E-state index contributed by atoms with van der Waals surface area (Å²) in [7, 11) is 0. The SMILES string of the molecule is Br.Br.Br.Br.CCCCCCCCCCCCCN=C(N)NC(C)=N.CCCCCCCCCCCN=C(N)NC(C)=N.CCCCCCCN=C(N)NC(C)=N.CCCN=C(N)NC(C)=N. The molecule has 20 heteroatoms. The van der Waals surface area contributed by atoms with Crippen LogP contribution >= 0.6 is 67.9 Å². The summed E-state index contributed by atoms with van der Waals surface area (Å²) in [6, 6.07) is 0. The van der Waals surface area contributed by atoms with Gasteiger partial charge in [-0.05, 0) is 53.4 Å². The van der Waals surface area contributed by atoms with Crippen LogP contribution in [0.5, 0.6) is 0 Å². The van der Waals surface area contributed by atoms with Gasteiger partial charge < -0.3 is 44.2 Å². The summed E-state index contributed by atoms with van der Waals surface area (Å²) in [5, 5.41) is 39.1. The van der Waals surface area contributed by atoms with Crippen LogP contribution in [-0.2, 0) is 0 Å². The molecule has 0 radical (unpaired) electrons. The van der Waals surface area contributed by atoms with Crippen molar-refractivity contribution in [1.82, 2.24) is 21.3 Å². The van der Waals surface area contributed by atoms with E-state index in [1.54, 1.807) is 27.7 Å². The monoisotopic (exact) mass is 1200 g/mol. The maximum Gasteiger partial charge on any atom is 0.194 e. The summed E-state index contributed by atoms with van der Waals surface area (Å²) in [4.78, 5) is 16.4. The molecule has 66 heavy (non-hydrogen) atoms. The number of unbranched alkanes of at least 4 members (excludes halogenated alkanes) is 22. The minimum Gasteiger partial charge on any atom is -0.370 e. The first-order valence-corrected chi connectivity index (χ1v) is 24.1. The number of aliphatic imine (C=N–C) groups is 4. The topological polar surface area (TPSA) is 297 Å². The van der Waals surface area contributed by atoms with Gasteiger partial charge in [-0.3, -0.25) is 41.6 Å². The predicted octanol–water partition coefficient (Wildman–Crippen LogP) is 12.1. The molecule has 16 N–H and O–H groups in total. The summed E-state index contributed by atoms with van der Waals surface area (Å²) < 4.78 is 0. The van der Waals surface area contributed by atoms with Gasteiger partial charge in [-0.2, -0.15) is 0 Å². The Morgan fingerprint density at radius 1 is 0.288 bits per heavy atom. The van der Waals surface area contributed by atoms with E-state index in [2.05, 4.69) is 62.0 Å². The molecule has 0 spiro atoms. The first kappa shape index (κ1) is 80.7. The molecular weight excluding hydrogens is 1100 g/mol. The van der Waals surface area contributed by atoms with Crippen molar-refractivity contribution in [2.24, 2.45) is 42.9 Å². The first-order chi connectivity index (χ1) is 29.7. The van der Waals surface area contributed by atoms with Crippen molar-refractivity contribution >= 4 is 115 Å². The summed E-state index contributed by atoms with van der Waals surface area (Å²) >= 11 is 0. The van der Waals surface area contributed by atoms with Crippen LogP contribution in [0, 0.1) is 21.6 Å². The summed E-state index contributed by atoms with van der Waals surface area (Å²) in [5.74, 6) is 2.73. The number of hydrogen-bond acceptors (Lipinski definition) is 8. The lowest BCUT2D eigenvalue weighted by molar-refractivity contribution is 0.551. The van der Waals surface area contributed by atoms with Gasteiger partial charge in [0.05, 0.1) is 23.3 Å². The zero-order valence-corrected chi connectivity index (χ0v) is 49.8. The van der Waals surface area contributed by atoms with Gasteiger partial charge in [-0.1, -0.05) is 169 Å². The summed E-state index contributed by atoms with van der Waals surface area (Å²) in [5.41, 5.74) is 22.1. The Morgan fingerprint density at radius 3 is 0.621 bits per heavy atom. The molecule has 0 atom stereocenters. The maximum absolute atomic E-state index is 7.22. The van der Waals surface area contributed by atoms with E-state index in [0.29, 0.717) is 53.7 Å². The van der Waals surface area contributed by atoms with Gasteiger partial charge in [0.2, 0.25) is 0 Å². The number of amidine groups is 4. The van der Waals surface area contributed by atoms with Gasteiger partial charge in [0.25, 0.3) is 0 Å². The number of nitrogens with two attached hydrogens (primary N) is 4. The van der Waals surface area contributed by atoms with Crippen LogP contribution in [0.2, 0.25) is 0 Å². The van der Waals surface area contributed by atoms with Crippen molar-refractivity contribution in [3.63, 3.8) is 0 Å². The molecule has 0 aliphatic rings. The fourth-order valence-electron chi connectivity index (χ4n) is 5.67. The van der Waals surface area contributed by atoms with E-state index in [4.69, 9.17) is 44.6 Å². The van der Waals surface area contributed by atoms with Crippen molar-refractivity contribution < 1.29 is 0 Å². The van der Waals surface area contributed by atoms with Gasteiger partial charge >= 0.3 is 0 Å². The van der Waals surface area contributed by atoms with Crippen LogP contribution in [-0.4, -0.2) is 73.4 Å².